The summed E-state index contributed by atoms with van der Waals surface area (Å²) >= 11 is 0. The second kappa shape index (κ2) is 8.97. The van der Waals surface area contributed by atoms with Crippen LogP contribution < -0.4 is 4.74 Å². The molecule has 0 saturated heterocycles. The van der Waals surface area contributed by atoms with Crippen LogP contribution >= 0.6 is 0 Å². The van der Waals surface area contributed by atoms with E-state index in [0.29, 0.717) is 12.0 Å². The highest BCUT2D eigenvalue weighted by molar-refractivity contribution is 5.69. The maximum absolute atomic E-state index is 11.2. The van der Waals surface area contributed by atoms with E-state index in [1.807, 2.05) is 31.2 Å². The van der Waals surface area contributed by atoms with E-state index >= 15 is 0 Å². The SMILES string of the molecule is CCCC(=O)OCC(=C=Cc1ccc(OC)cc1)CO. The Labute approximate surface area is 119 Å². The van der Waals surface area contributed by atoms with Crippen LogP contribution in [0.25, 0.3) is 6.08 Å². The van der Waals surface area contributed by atoms with Crippen molar-refractivity contribution in [2.75, 3.05) is 20.3 Å². The van der Waals surface area contributed by atoms with Crippen molar-refractivity contribution in [3.05, 3.63) is 41.1 Å². The van der Waals surface area contributed by atoms with Crippen molar-refractivity contribution < 1.29 is 19.4 Å². The number of hydrogen-bond donors (Lipinski definition) is 1. The van der Waals surface area contributed by atoms with Gasteiger partial charge in [-0.15, -0.1) is 5.73 Å². The third-order valence-electron chi connectivity index (χ3n) is 2.61. The van der Waals surface area contributed by atoms with Gasteiger partial charge < -0.3 is 14.6 Å². The van der Waals surface area contributed by atoms with E-state index in [2.05, 4.69) is 5.73 Å². The molecule has 4 nitrogen and oxygen atoms in total. The second-order valence-electron chi connectivity index (χ2n) is 4.23. The molecule has 20 heavy (non-hydrogen) atoms. The summed E-state index contributed by atoms with van der Waals surface area (Å²) in [4.78, 5) is 11.2. The van der Waals surface area contributed by atoms with Crippen molar-refractivity contribution in [3.8, 4) is 5.75 Å². The summed E-state index contributed by atoms with van der Waals surface area (Å²) in [5, 5.41) is 9.20. The summed E-state index contributed by atoms with van der Waals surface area (Å²) < 4.78 is 10.1. The van der Waals surface area contributed by atoms with Crippen LogP contribution in [0.15, 0.2) is 35.6 Å². The van der Waals surface area contributed by atoms with Gasteiger partial charge in [-0.25, -0.2) is 0 Å². The highest BCUT2D eigenvalue weighted by atomic mass is 16.5. The van der Waals surface area contributed by atoms with Crippen molar-refractivity contribution in [1.29, 1.82) is 0 Å². The molecule has 0 aliphatic carbocycles. The molecular formula is C16H20O4. The molecule has 0 radical (unpaired) electrons. The molecule has 0 amide bonds. The molecule has 0 spiro atoms. The minimum Gasteiger partial charge on any atom is -0.497 e. The predicted octanol–water partition coefficient (Wildman–Crippen LogP) is 2.57. The Balaban J connectivity index is 2.66. The van der Waals surface area contributed by atoms with Gasteiger partial charge in [-0.3, -0.25) is 4.79 Å². The third-order valence-corrected chi connectivity index (χ3v) is 2.61. The van der Waals surface area contributed by atoms with Crippen molar-refractivity contribution in [3.63, 3.8) is 0 Å². The third kappa shape index (κ3) is 5.74. The highest BCUT2D eigenvalue weighted by Gasteiger charge is 2.02. The fourth-order valence-corrected chi connectivity index (χ4v) is 1.46. The summed E-state index contributed by atoms with van der Waals surface area (Å²) in [6.45, 7) is 1.79. The quantitative estimate of drug-likeness (QED) is 0.614. The summed E-state index contributed by atoms with van der Waals surface area (Å²) in [5.74, 6) is 0.520. The van der Waals surface area contributed by atoms with E-state index in [4.69, 9.17) is 9.47 Å². The van der Waals surface area contributed by atoms with E-state index in [1.54, 1.807) is 13.2 Å². The molecule has 0 fully saturated rings. The van der Waals surface area contributed by atoms with Crippen molar-refractivity contribution in [2.45, 2.75) is 19.8 Å². The first kappa shape index (κ1) is 16.0. The van der Waals surface area contributed by atoms with Gasteiger partial charge in [0.15, 0.2) is 0 Å². The zero-order valence-corrected chi connectivity index (χ0v) is 11.9. The number of esters is 1. The van der Waals surface area contributed by atoms with E-state index in [0.717, 1.165) is 17.7 Å². The number of rotatable bonds is 7. The zero-order valence-electron chi connectivity index (χ0n) is 11.9. The van der Waals surface area contributed by atoms with E-state index in [1.165, 1.54) is 0 Å². The molecule has 0 aliphatic rings. The first-order valence-corrected chi connectivity index (χ1v) is 6.54. The fraction of sp³-hybridized carbons (Fsp3) is 0.375. The normalized spacial score (nSPS) is 9.55. The average molecular weight is 276 g/mol. The molecule has 1 aromatic carbocycles. The molecule has 0 saturated carbocycles. The van der Waals surface area contributed by atoms with Gasteiger partial charge in [0.2, 0.25) is 0 Å². The Hall–Kier alpha value is -2.03. The molecule has 1 rings (SSSR count). The minimum absolute atomic E-state index is 0.0714. The Bertz CT molecular complexity index is 482. The lowest BCUT2D eigenvalue weighted by atomic mass is 10.2. The van der Waals surface area contributed by atoms with Crippen LogP contribution in [0.1, 0.15) is 25.3 Å². The molecule has 0 atom stereocenters. The van der Waals surface area contributed by atoms with Crippen LogP contribution in [0.5, 0.6) is 5.75 Å². The molecule has 1 aromatic rings. The smallest absolute Gasteiger partial charge is 0.306 e. The largest absolute Gasteiger partial charge is 0.497 e. The molecule has 1 N–H and O–H groups in total. The maximum Gasteiger partial charge on any atom is 0.306 e. The van der Waals surface area contributed by atoms with Crippen LogP contribution in [-0.2, 0) is 9.53 Å². The lowest BCUT2D eigenvalue weighted by molar-refractivity contribution is -0.142. The molecule has 0 unspecified atom stereocenters. The van der Waals surface area contributed by atoms with Crippen LogP contribution in [0.3, 0.4) is 0 Å². The Kier molecular flexibility index (Phi) is 7.18. The molecule has 0 aliphatic heterocycles. The van der Waals surface area contributed by atoms with Gasteiger partial charge in [0, 0.05) is 12.0 Å². The second-order valence-corrected chi connectivity index (χ2v) is 4.23. The average Bonchev–Trinajstić information content (AvgIpc) is 2.48. The van der Waals surface area contributed by atoms with Crippen LogP contribution in [0.2, 0.25) is 0 Å². The Morgan fingerprint density at radius 1 is 1.35 bits per heavy atom. The van der Waals surface area contributed by atoms with Gasteiger partial charge in [-0.1, -0.05) is 19.1 Å². The van der Waals surface area contributed by atoms with Gasteiger partial charge in [0.1, 0.15) is 12.4 Å². The topological polar surface area (TPSA) is 55.8 Å². The van der Waals surface area contributed by atoms with Crippen LogP contribution in [-0.4, -0.2) is 31.4 Å². The number of carbonyl (C=O) groups excluding carboxylic acids is 1. The molecule has 4 heteroatoms. The number of hydrogen-bond acceptors (Lipinski definition) is 4. The van der Waals surface area contributed by atoms with Crippen LogP contribution in [0, 0.1) is 0 Å². The zero-order chi connectivity index (χ0) is 14.8. The summed E-state index contributed by atoms with van der Waals surface area (Å²) in [6, 6.07) is 7.44. The highest BCUT2D eigenvalue weighted by Crippen LogP contribution is 2.12. The van der Waals surface area contributed by atoms with Crippen molar-refractivity contribution in [1.82, 2.24) is 0 Å². The Morgan fingerprint density at radius 2 is 2.05 bits per heavy atom. The van der Waals surface area contributed by atoms with Crippen LogP contribution in [0.4, 0.5) is 0 Å². The maximum atomic E-state index is 11.2. The fourth-order valence-electron chi connectivity index (χ4n) is 1.46. The summed E-state index contributed by atoms with van der Waals surface area (Å²) in [5.41, 5.74) is 4.40. The summed E-state index contributed by atoms with van der Waals surface area (Å²) in [6.07, 6.45) is 2.87. The number of benzene rings is 1. The van der Waals surface area contributed by atoms with Gasteiger partial charge in [-0.05, 0) is 30.2 Å². The lowest BCUT2D eigenvalue weighted by Crippen LogP contribution is -2.08. The number of aliphatic hydroxyl groups is 1. The predicted molar refractivity (Wildman–Crippen MR) is 77.4 cm³/mol. The number of ether oxygens (including phenoxy) is 2. The molecule has 108 valence electrons. The van der Waals surface area contributed by atoms with Gasteiger partial charge >= 0.3 is 5.97 Å². The molecular weight excluding hydrogens is 256 g/mol. The number of carbonyl (C=O) groups is 1. The molecule has 0 heterocycles. The Morgan fingerprint density at radius 3 is 2.60 bits per heavy atom. The minimum atomic E-state index is -0.260. The molecule has 0 bridgehead atoms. The van der Waals surface area contributed by atoms with Crippen molar-refractivity contribution in [2.24, 2.45) is 0 Å². The van der Waals surface area contributed by atoms with E-state index in [-0.39, 0.29) is 19.2 Å². The van der Waals surface area contributed by atoms with Gasteiger partial charge in [0.05, 0.1) is 13.7 Å². The first-order chi connectivity index (χ1) is 9.69. The van der Waals surface area contributed by atoms with E-state index in [9.17, 15) is 9.90 Å². The van der Waals surface area contributed by atoms with Gasteiger partial charge in [-0.2, -0.15) is 0 Å². The van der Waals surface area contributed by atoms with E-state index < -0.39 is 0 Å². The monoisotopic (exact) mass is 276 g/mol. The standard InChI is InChI=1S/C16H20O4/c1-3-4-16(18)20-12-14(11-17)6-5-13-7-9-15(19-2)10-8-13/h5,7-10,17H,3-4,11-12H2,1-2H3. The summed E-state index contributed by atoms with van der Waals surface area (Å²) in [7, 11) is 1.61. The van der Waals surface area contributed by atoms with Crippen molar-refractivity contribution >= 4 is 12.0 Å². The molecule has 0 aromatic heterocycles. The number of methoxy groups -OCH3 is 1. The first-order valence-electron chi connectivity index (χ1n) is 6.54. The lowest BCUT2D eigenvalue weighted by Gasteiger charge is -2.03. The van der Waals surface area contributed by atoms with Gasteiger partial charge in [0.25, 0.3) is 0 Å². The number of aliphatic hydroxyl groups excluding tert-OH is 1.